The van der Waals surface area contributed by atoms with Crippen molar-refractivity contribution in [1.82, 2.24) is 5.32 Å². The van der Waals surface area contributed by atoms with E-state index in [1.54, 1.807) is 7.11 Å². The van der Waals surface area contributed by atoms with Crippen LogP contribution in [0.3, 0.4) is 0 Å². The molecule has 2 N–H and O–H groups in total. The topological polar surface area (TPSA) is 58.6 Å². The molecule has 4 heteroatoms. The number of nitrogens with one attached hydrogen (secondary N) is 1. The summed E-state index contributed by atoms with van der Waals surface area (Å²) < 4.78 is 4.99. The third-order valence-corrected chi connectivity index (χ3v) is 3.57. The number of ether oxygens (including phenoxy) is 1. The Labute approximate surface area is 107 Å². The van der Waals surface area contributed by atoms with Gasteiger partial charge in [0.25, 0.3) is 0 Å². The van der Waals surface area contributed by atoms with Crippen LogP contribution in [0.15, 0.2) is 24.3 Å². The molecular formula is C14H19NO3. The molecule has 0 bridgehead atoms. The van der Waals surface area contributed by atoms with E-state index in [0.717, 1.165) is 24.0 Å². The zero-order chi connectivity index (χ0) is 13.0. The summed E-state index contributed by atoms with van der Waals surface area (Å²) in [5.74, 6) is -0.800. The Morgan fingerprint density at radius 1 is 1.50 bits per heavy atom. The van der Waals surface area contributed by atoms with E-state index in [4.69, 9.17) is 4.74 Å². The molecule has 0 aliphatic heterocycles. The molecule has 0 heterocycles. The molecule has 0 spiro atoms. The first-order valence-corrected chi connectivity index (χ1v) is 6.26. The monoisotopic (exact) mass is 249 g/mol. The van der Waals surface area contributed by atoms with Crippen molar-refractivity contribution in [3.63, 3.8) is 0 Å². The molecule has 4 nitrogen and oxygen atoms in total. The largest absolute Gasteiger partial charge is 0.480 e. The highest BCUT2D eigenvalue weighted by Gasteiger charge is 2.42. The lowest BCUT2D eigenvalue weighted by Gasteiger charge is -2.36. The van der Waals surface area contributed by atoms with E-state index in [2.05, 4.69) is 5.32 Å². The van der Waals surface area contributed by atoms with Crippen molar-refractivity contribution >= 4 is 5.97 Å². The van der Waals surface area contributed by atoms with Gasteiger partial charge in [-0.15, -0.1) is 0 Å². The van der Waals surface area contributed by atoms with Gasteiger partial charge in [-0.1, -0.05) is 24.3 Å². The van der Waals surface area contributed by atoms with E-state index in [0.29, 0.717) is 19.6 Å². The van der Waals surface area contributed by atoms with Gasteiger partial charge in [-0.3, -0.25) is 5.32 Å². The Morgan fingerprint density at radius 3 is 3.00 bits per heavy atom. The lowest BCUT2D eigenvalue weighted by Crippen LogP contribution is -2.52. The minimum absolute atomic E-state index is 0.511. The Morgan fingerprint density at radius 2 is 2.28 bits per heavy atom. The zero-order valence-electron chi connectivity index (χ0n) is 10.6. The number of aryl methyl sites for hydroxylation is 1. The smallest absolute Gasteiger partial charge is 0.328 e. The van der Waals surface area contributed by atoms with Crippen LogP contribution in [-0.2, 0) is 21.5 Å². The van der Waals surface area contributed by atoms with Crippen molar-refractivity contribution in [2.24, 2.45) is 0 Å². The van der Waals surface area contributed by atoms with Crippen LogP contribution in [0.2, 0.25) is 0 Å². The number of carbonyl (C=O) groups is 1. The summed E-state index contributed by atoms with van der Waals surface area (Å²) in [5, 5.41) is 12.8. The third kappa shape index (κ3) is 2.26. The van der Waals surface area contributed by atoms with Crippen LogP contribution in [0, 0.1) is 0 Å². The molecule has 1 atom stereocenters. The van der Waals surface area contributed by atoms with Gasteiger partial charge in [0.2, 0.25) is 0 Å². The summed E-state index contributed by atoms with van der Waals surface area (Å²) in [4.78, 5) is 11.7. The van der Waals surface area contributed by atoms with E-state index >= 15 is 0 Å². The fourth-order valence-corrected chi connectivity index (χ4v) is 2.68. The summed E-state index contributed by atoms with van der Waals surface area (Å²) in [6.07, 6.45) is 2.48. The lowest BCUT2D eigenvalue weighted by atomic mass is 9.76. The van der Waals surface area contributed by atoms with E-state index in [1.807, 2.05) is 24.3 Å². The van der Waals surface area contributed by atoms with Crippen LogP contribution in [-0.4, -0.2) is 31.3 Å². The molecule has 98 valence electrons. The van der Waals surface area contributed by atoms with Crippen LogP contribution in [0.25, 0.3) is 0 Å². The van der Waals surface area contributed by atoms with Crippen molar-refractivity contribution in [3.05, 3.63) is 35.4 Å². The predicted molar refractivity (Wildman–Crippen MR) is 68.6 cm³/mol. The standard InChI is InChI=1S/C14H19NO3/c1-18-10-9-15-14(13(16)17)8-4-6-11-5-2-3-7-12(11)14/h2-3,5,7,15H,4,6,8-10H2,1H3,(H,16,17). The van der Waals surface area contributed by atoms with Crippen LogP contribution in [0.4, 0.5) is 0 Å². The van der Waals surface area contributed by atoms with Crippen LogP contribution in [0.5, 0.6) is 0 Å². The quantitative estimate of drug-likeness (QED) is 0.777. The van der Waals surface area contributed by atoms with Crippen LogP contribution >= 0.6 is 0 Å². The second-order valence-corrected chi connectivity index (χ2v) is 4.64. The highest BCUT2D eigenvalue weighted by atomic mass is 16.5. The Kier molecular flexibility index (Phi) is 3.99. The fraction of sp³-hybridized carbons (Fsp3) is 0.500. The van der Waals surface area contributed by atoms with Crippen molar-refractivity contribution < 1.29 is 14.6 Å². The molecule has 0 amide bonds. The Hall–Kier alpha value is -1.39. The zero-order valence-corrected chi connectivity index (χ0v) is 10.6. The number of hydrogen-bond acceptors (Lipinski definition) is 3. The molecule has 1 unspecified atom stereocenters. The molecule has 1 aromatic carbocycles. The summed E-state index contributed by atoms with van der Waals surface area (Å²) in [5.41, 5.74) is 1.09. The summed E-state index contributed by atoms with van der Waals surface area (Å²) in [6.45, 7) is 1.05. The van der Waals surface area contributed by atoms with Gasteiger partial charge in [-0.25, -0.2) is 4.79 Å². The number of carboxylic acids is 1. The van der Waals surface area contributed by atoms with E-state index in [9.17, 15) is 9.90 Å². The first-order valence-electron chi connectivity index (χ1n) is 6.26. The van der Waals surface area contributed by atoms with Gasteiger partial charge in [0.1, 0.15) is 5.54 Å². The average Bonchev–Trinajstić information content (AvgIpc) is 2.39. The van der Waals surface area contributed by atoms with E-state index in [-0.39, 0.29) is 0 Å². The molecule has 2 rings (SSSR count). The fourth-order valence-electron chi connectivity index (χ4n) is 2.68. The number of rotatable bonds is 5. The molecule has 1 aromatic rings. The van der Waals surface area contributed by atoms with Crippen LogP contribution in [0.1, 0.15) is 24.0 Å². The van der Waals surface area contributed by atoms with Gasteiger partial charge in [-0.2, -0.15) is 0 Å². The maximum absolute atomic E-state index is 11.7. The molecule has 0 radical (unpaired) electrons. The first kappa shape index (κ1) is 13.1. The molecule has 0 saturated heterocycles. The number of hydrogen-bond donors (Lipinski definition) is 2. The van der Waals surface area contributed by atoms with Crippen LogP contribution < -0.4 is 5.32 Å². The second kappa shape index (κ2) is 5.50. The molecule has 1 aliphatic rings. The lowest BCUT2D eigenvalue weighted by molar-refractivity contribution is -0.146. The number of benzene rings is 1. The number of aliphatic carboxylic acids is 1. The number of fused-ring (bicyclic) bond motifs is 1. The normalized spacial score (nSPS) is 22.5. The van der Waals surface area contributed by atoms with Gasteiger partial charge in [0, 0.05) is 13.7 Å². The van der Waals surface area contributed by atoms with E-state index < -0.39 is 11.5 Å². The van der Waals surface area contributed by atoms with Crippen molar-refractivity contribution in [2.75, 3.05) is 20.3 Å². The van der Waals surface area contributed by atoms with Gasteiger partial charge in [-0.05, 0) is 30.4 Å². The van der Waals surface area contributed by atoms with Crippen molar-refractivity contribution in [1.29, 1.82) is 0 Å². The molecule has 0 fully saturated rings. The van der Waals surface area contributed by atoms with Gasteiger partial charge in [0.05, 0.1) is 6.61 Å². The van der Waals surface area contributed by atoms with Gasteiger partial charge >= 0.3 is 5.97 Å². The van der Waals surface area contributed by atoms with Gasteiger partial charge < -0.3 is 9.84 Å². The molecule has 0 aromatic heterocycles. The Balaban J connectivity index is 2.33. The van der Waals surface area contributed by atoms with Gasteiger partial charge in [0.15, 0.2) is 0 Å². The summed E-state index contributed by atoms with van der Waals surface area (Å²) >= 11 is 0. The number of carboxylic acid groups (broad SMARTS) is 1. The molecule has 0 saturated carbocycles. The predicted octanol–water partition coefficient (Wildman–Crippen LogP) is 1.54. The summed E-state index contributed by atoms with van der Waals surface area (Å²) in [7, 11) is 1.62. The van der Waals surface area contributed by atoms with Crippen molar-refractivity contribution in [3.8, 4) is 0 Å². The van der Waals surface area contributed by atoms with Crippen molar-refractivity contribution in [2.45, 2.75) is 24.8 Å². The highest BCUT2D eigenvalue weighted by molar-refractivity contribution is 5.81. The Bertz CT molecular complexity index is 433. The summed E-state index contributed by atoms with van der Waals surface area (Å²) in [6, 6.07) is 7.80. The molecule has 1 aliphatic carbocycles. The minimum Gasteiger partial charge on any atom is -0.480 e. The number of methoxy groups -OCH3 is 1. The second-order valence-electron chi connectivity index (χ2n) is 4.64. The third-order valence-electron chi connectivity index (χ3n) is 3.57. The van der Waals surface area contributed by atoms with E-state index in [1.165, 1.54) is 0 Å². The molecule has 18 heavy (non-hydrogen) atoms. The molecular weight excluding hydrogens is 230 g/mol. The average molecular weight is 249 g/mol. The maximum Gasteiger partial charge on any atom is 0.328 e. The SMILES string of the molecule is COCCNC1(C(=O)O)CCCc2ccccc21. The first-order chi connectivity index (χ1) is 8.70. The highest BCUT2D eigenvalue weighted by Crippen LogP contribution is 2.35. The minimum atomic E-state index is -0.951. The maximum atomic E-state index is 11.7.